The fourth-order valence-electron chi connectivity index (χ4n) is 2.22. The highest BCUT2D eigenvalue weighted by Gasteiger charge is 2.43. The Morgan fingerprint density at radius 1 is 1.47 bits per heavy atom. The molecule has 90 valence electrons. The van der Waals surface area contributed by atoms with Crippen LogP contribution in [0.5, 0.6) is 0 Å². The van der Waals surface area contributed by atoms with E-state index in [2.05, 4.69) is 5.32 Å². The molecule has 0 radical (unpaired) electrons. The molecule has 1 N–H and O–H groups in total. The van der Waals surface area contributed by atoms with Gasteiger partial charge < -0.3 is 10.1 Å². The first kappa shape index (κ1) is 12.9. The van der Waals surface area contributed by atoms with Crippen LogP contribution in [0, 0.1) is 0 Å². The van der Waals surface area contributed by atoms with E-state index in [0.29, 0.717) is 6.42 Å². The molecule has 0 amide bonds. The molecule has 1 rings (SSSR count). The second-order valence-electron chi connectivity index (χ2n) is 4.38. The Morgan fingerprint density at radius 2 is 2.07 bits per heavy atom. The minimum absolute atomic E-state index is 0.126. The van der Waals surface area contributed by atoms with Crippen molar-refractivity contribution in [2.75, 3.05) is 26.2 Å². The van der Waals surface area contributed by atoms with Crippen molar-refractivity contribution >= 4 is 9.84 Å². The van der Waals surface area contributed by atoms with Crippen LogP contribution in [-0.4, -0.2) is 46.2 Å². The zero-order valence-electron chi connectivity index (χ0n) is 9.75. The van der Waals surface area contributed by atoms with Gasteiger partial charge in [0.15, 0.2) is 0 Å². The van der Waals surface area contributed by atoms with E-state index >= 15 is 0 Å². The van der Waals surface area contributed by atoms with Gasteiger partial charge in [0.25, 0.3) is 0 Å². The first-order chi connectivity index (χ1) is 6.93. The average molecular weight is 235 g/mol. The number of hydrogen-bond acceptors (Lipinski definition) is 4. The molecule has 4 nitrogen and oxygen atoms in total. The zero-order valence-corrected chi connectivity index (χ0v) is 10.6. The van der Waals surface area contributed by atoms with E-state index in [0.717, 1.165) is 12.8 Å². The molecule has 0 aromatic carbocycles. The summed E-state index contributed by atoms with van der Waals surface area (Å²) in [4.78, 5) is 0. The maximum absolute atomic E-state index is 11.1. The molecule has 0 saturated heterocycles. The number of nitrogens with one attached hydrogen (secondary N) is 1. The maximum atomic E-state index is 11.1. The summed E-state index contributed by atoms with van der Waals surface area (Å²) in [5.41, 5.74) is -0.126. The lowest BCUT2D eigenvalue weighted by Gasteiger charge is -2.46. The summed E-state index contributed by atoms with van der Waals surface area (Å²) in [5, 5.41) is 3.18. The van der Waals surface area contributed by atoms with Crippen LogP contribution >= 0.6 is 0 Å². The normalized spacial score (nSPS) is 22.1. The van der Waals surface area contributed by atoms with Gasteiger partial charge in [0.1, 0.15) is 9.84 Å². The SMILES string of the molecule is CNC(CCS(C)(=O)=O)C1(OC)CCC1. The number of rotatable bonds is 6. The molecule has 0 spiro atoms. The number of ether oxygens (including phenoxy) is 1. The molecule has 5 heteroatoms. The van der Waals surface area contributed by atoms with Crippen molar-refractivity contribution in [3.05, 3.63) is 0 Å². The van der Waals surface area contributed by atoms with Crippen LogP contribution in [0.2, 0.25) is 0 Å². The largest absolute Gasteiger partial charge is 0.377 e. The van der Waals surface area contributed by atoms with E-state index in [1.165, 1.54) is 12.7 Å². The van der Waals surface area contributed by atoms with Crippen LogP contribution in [0.4, 0.5) is 0 Å². The molecule has 1 saturated carbocycles. The Morgan fingerprint density at radius 3 is 2.33 bits per heavy atom. The third-order valence-electron chi connectivity index (χ3n) is 3.37. The summed E-state index contributed by atoms with van der Waals surface area (Å²) in [5.74, 6) is 0.226. The van der Waals surface area contributed by atoms with Gasteiger partial charge in [0.2, 0.25) is 0 Å². The Bertz CT molecular complexity index is 290. The van der Waals surface area contributed by atoms with Crippen molar-refractivity contribution in [2.45, 2.75) is 37.3 Å². The van der Waals surface area contributed by atoms with Crippen LogP contribution in [-0.2, 0) is 14.6 Å². The Kier molecular flexibility index (Phi) is 4.14. The van der Waals surface area contributed by atoms with Gasteiger partial charge in [-0.15, -0.1) is 0 Å². The van der Waals surface area contributed by atoms with Crippen LogP contribution in [0.15, 0.2) is 0 Å². The van der Waals surface area contributed by atoms with Gasteiger partial charge in [-0.1, -0.05) is 0 Å². The lowest BCUT2D eigenvalue weighted by atomic mass is 9.73. The summed E-state index contributed by atoms with van der Waals surface area (Å²) >= 11 is 0. The average Bonchev–Trinajstić information content (AvgIpc) is 2.07. The highest BCUT2D eigenvalue weighted by Crippen LogP contribution is 2.39. The van der Waals surface area contributed by atoms with E-state index in [9.17, 15) is 8.42 Å². The topological polar surface area (TPSA) is 55.4 Å². The monoisotopic (exact) mass is 235 g/mol. The molecule has 0 aliphatic heterocycles. The van der Waals surface area contributed by atoms with Gasteiger partial charge >= 0.3 is 0 Å². The fraction of sp³-hybridized carbons (Fsp3) is 1.00. The zero-order chi connectivity index (χ0) is 11.5. The van der Waals surface area contributed by atoms with Crippen molar-refractivity contribution in [1.29, 1.82) is 0 Å². The van der Waals surface area contributed by atoms with Gasteiger partial charge in [-0.3, -0.25) is 0 Å². The van der Waals surface area contributed by atoms with E-state index in [-0.39, 0.29) is 17.4 Å². The van der Waals surface area contributed by atoms with Crippen LogP contribution in [0.3, 0.4) is 0 Å². The molecule has 0 aromatic heterocycles. The predicted octanol–water partition coefficient (Wildman–Crippen LogP) is 0.578. The van der Waals surface area contributed by atoms with E-state index in [1.807, 2.05) is 7.05 Å². The first-order valence-corrected chi connectivity index (χ1v) is 7.40. The summed E-state index contributed by atoms with van der Waals surface area (Å²) in [6, 6.07) is 0.144. The summed E-state index contributed by atoms with van der Waals surface area (Å²) in [6.45, 7) is 0. The minimum atomic E-state index is -2.88. The Hall–Kier alpha value is -0.130. The second-order valence-corrected chi connectivity index (χ2v) is 6.64. The highest BCUT2D eigenvalue weighted by atomic mass is 32.2. The molecular formula is C10H21NO3S. The molecule has 1 fully saturated rings. The molecule has 1 aliphatic rings. The van der Waals surface area contributed by atoms with Crippen molar-refractivity contribution < 1.29 is 13.2 Å². The quantitative estimate of drug-likeness (QED) is 0.731. The second kappa shape index (κ2) is 4.80. The molecule has 0 bridgehead atoms. The smallest absolute Gasteiger partial charge is 0.147 e. The molecule has 15 heavy (non-hydrogen) atoms. The van der Waals surface area contributed by atoms with Crippen molar-refractivity contribution in [2.24, 2.45) is 0 Å². The van der Waals surface area contributed by atoms with E-state index < -0.39 is 9.84 Å². The van der Waals surface area contributed by atoms with Crippen LogP contribution in [0.25, 0.3) is 0 Å². The Labute approximate surface area is 92.3 Å². The van der Waals surface area contributed by atoms with Gasteiger partial charge in [-0.05, 0) is 32.7 Å². The standard InChI is InChI=1S/C10H21NO3S/c1-11-9(5-8-15(3,12)13)10(14-2)6-4-7-10/h9,11H,4-8H2,1-3H3. The van der Waals surface area contributed by atoms with Crippen molar-refractivity contribution in [1.82, 2.24) is 5.32 Å². The first-order valence-electron chi connectivity index (χ1n) is 5.34. The summed E-state index contributed by atoms with van der Waals surface area (Å²) in [6.07, 6.45) is 5.13. The predicted molar refractivity (Wildman–Crippen MR) is 60.8 cm³/mol. The fourth-order valence-corrected chi connectivity index (χ4v) is 2.89. The highest BCUT2D eigenvalue weighted by molar-refractivity contribution is 7.90. The maximum Gasteiger partial charge on any atom is 0.147 e. The third kappa shape index (κ3) is 3.16. The van der Waals surface area contributed by atoms with Gasteiger partial charge in [-0.25, -0.2) is 8.42 Å². The lowest BCUT2D eigenvalue weighted by molar-refractivity contribution is -0.0973. The van der Waals surface area contributed by atoms with E-state index in [4.69, 9.17) is 4.74 Å². The number of methoxy groups -OCH3 is 1. The Balaban J connectivity index is 2.55. The number of hydrogen-bond donors (Lipinski definition) is 1. The van der Waals surface area contributed by atoms with Crippen molar-refractivity contribution in [3.63, 3.8) is 0 Å². The molecule has 0 aromatic rings. The molecular weight excluding hydrogens is 214 g/mol. The van der Waals surface area contributed by atoms with Gasteiger partial charge in [0, 0.05) is 19.4 Å². The van der Waals surface area contributed by atoms with Gasteiger partial charge in [0.05, 0.1) is 11.4 Å². The van der Waals surface area contributed by atoms with Crippen molar-refractivity contribution in [3.8, 4) is 0 Å². The van der Waals surface area contributed by atoms with Gasteiger partial charge in [-0.2, -0.15) is 0 Å². The lowest BCUT2D eigenvalue weighted by Crippen LogP contribution is -2.56. The summed E-state index contributed by atoms with van der Waals surface area (Å²) in [7, 11) is 0.702. The molecule has 1 unspecified atom stereocenters. The summed E-state index contributed by atoms with van der Waals surface area (Å²) < 4.78 is 27.7. The van der Waals surface area contributed by atoms with Crippen LogP contribution < -0.4 is 5.32 Å². The third-order valence-corrected chi connectivity index (χ3v) is 4.34. The van der Waals surface area contributed by atoms with E-state index in [1.54, 1.807) is 7.11 Å². The number of likely N-dealkylation sites (N-methyl/N-ethyl adjacent to an activating group) is 1. The molecule has 0 heterocycles. The van der Waals surface area contributed by atoms with Crippen LogP contribution in [0.1, 0.15) is 25.7 Å². The molecule has 1 aliphatic carbocycles. The minimum Gasteiger partial charge on any atom is -0.377 e. The molecule has 1 atom stereocenters. The number of sulfone groups is 1.